The first-order valence-corrected chi connectivity index (χ1v) is 8.50. The lowest BCUT2D eigenvalue weighted by molar-refractivity contribution is -0.0159. The van der Waals surface area contributed by atoms with Crippen LogP contribution in [-0.2, 0) is 4.74 Å². The van der Waals surface area contributed by atoms with E-state index in [1.165, 1.54) is 0 Å². The number of morpholine rings is 1. The molecule has 1 fully saturated rings. The van der Waals surface area contributed by atoms with Gasteiger partial charge < -0.3 is 31.0 Å². The van der Waals surface area contributed by atoms with Crippen molar-refractivity contribution in [3.8, 4) is 17.2 Å². The van der Waals surface area contributed by atoms with E-state index in [0.29, 0.717) is 35.4 Å². The monoisotopic (exact) mass is 343 g/mol. The minimum Gasteiger partial charge on any atom is -0.493 e. The summed E-state index contributed by atoms with van der Waals surface area (Å²) >= 11 is 0. The topological polar surface area (TPSA) is 91.8 Å². The highest BCUT2D eigenvalue weighted by molar-refractivity contribution is 5.65. The van der Waals surface area contributed by atoms with Crippen LogP contribution in [0.1, 0.15) is 6.92 Å². The van der Waals surface area contributed by atoms with Crippen molar-refractivity contribution < 1.29 is 14.2 Å². The van der Waals surface area contributed by atoms with Crippen molar-refractivity contribution in [2.45, 2.75) is 13.0 Å². The van der Waals surface area contributed by atoms with Crippen LogP contribution in [0.15, 0.2) is 42.5 Å². The molecule has 5 N–H and O–H groups in total. The van der Waals surface area contributed by atoms with Gasteiger partial charge in [-0.3, -0.25) is 0 Å². The number of hydrogen-bond acceptors (Lipinski definition) is 6. The highest BCUT2D eigenvalue weighted by Crippen LogP contribution is 2.27. The molecule has 2 atom stereocenters. The molecule has 0 bridgehead atoms. The maximum absolute atomic E-state index is 5.86. The summed E-state index contributed by atoms with van der Waals surface area (Å²) < 4.78 is 17.4. The molecule has 0 radical (unpaired) electrons. The van der Waals surface area contributed by atoms with Gasteiger partial charge in [0, 0.05) is 25.1 Å². The van der Waals surface area contributed by atoms with Gasteiger partial charge in [0.15, 0.2) is 0 Å². The van der Waals surface area contributed by atoms with Crippen molar-refractivity contribution >= 4 is 11.4 Å². The third-order valence-corrected chi connectivity index (χ3v) is 4.22. The molecule has 0 spiro atoms. The Morgan fingerprint density at radius 1 is 1.08 bits per heavy atom. The molecule has 6 heteroatoms. The number of rotatable bonds is 6. The van der Waals surface area contributed by atoms with Crippen molar-refractivity contribution in [2.24, 2.45) is 5.92 Å². The van der Waals surface area contributed by atoms with Crippen LogP contribution in [0.25, 0.3) is 0 Å². The summed E-state index contributed by atoms with van der Waals surface area (Å²) in [5.41, 5.74) is 12.5. The molecule has 134 valence electrons. The Morgan fingerprint density at radius 3 is 2.48 bits per heavy atom. The van der Waals surface area contributed by atoms with Gasteiger partial charge in [-0.05, 0) is 36.4 Å². The standard InChI is InChI=1S/C19H25N3O3/c1-13(19-11-22-8-9-23-19)12-24-14-2-4-15(5-3-14)25-16-6-7-17(20)18(21)10-16/h2-7,10,13,19,22H,8-9,11-12,20-21H2,1H3. The number of nitrogen functional groups attached to an aromatic ring is 2. The predicted molar refractivity (Wildman–Crippen MR) is 99.1 cm³/mol. The Kier molecular flexibility index (Phi) is 5.63. The van der Waals surface area contributed by atoms with Crippen LogP contribution in [0.4, 0.5) is 11.4 Å². The summed E-state index contributed by atoms with van der Waals surface area (Å²) in [6.07, 6.45) is 0.201. The van der Waals surface area contributed by atoms with Crippen LogP contribution >= 0.6 is 0 Å². The molecule has 1 heterocycles. The van der Waals surface area contributed by atoms with Crippen molar-refractivity contribution in [1.29, 1.82) is 0 Å². The highest BCUT2D eigenvalue weighted by Gasteiger charge is 2.21. The van der Waals surface area contributed by atoms with E-state index in [1.54, 1.807) is 18.2 Å². The van der Waals surface area contributed by atoms with E-state index in [0.717, 1.165) is 25.4 Å². The van der Waals surface area contributed by atoms with E-state index in [1.807, 2.05) is 24.3 Å². The molecular formula is C19H25N3O3. The lowest BCUT2D eigenvalue weighted by Crippen LogP contribution is -2.43. The second-order valence-corrected chi connectivity index (χ2v) is 6.27. The number of nitrogens with one attached hydrogen (secondary N) is 1. The molecule has 1 aliphatic heterocycles. The summed E-state index contributed by atoms with van der Waals surface area (Å²) in [4.78, 5) is 0. The first kappa shape index (κ1) is 17.4. The van der Waals surface area contributed by atoms with E-state index in [-0.39, 0.29) is 6.10 Å². The van der Waals surface area contributed by atoms with Crippen molar-refractivity contribution in [3.63, 3.8) is 0 Å². The fourth-order valence-corrected chi connectivity index (χ4v) is 2.64. The van der Waals surface area contributed by atoms with Gasteiger partial charge in [-0.15, -0.1) is 0 Å². The van der Waals surface area contributed by atoms with Crippen LogP contribution in [0.2, 0.25) is 0 Å². The van der Waals surface area contributed by atoms with Gasteiger partial charge in [-0.25, -0.2) is 0 Å². The van der Waals surface area contributed by atoms with Crippen molar-refractivity contribution in [2.75, 3.05) is 37.8 Å². The number of ether oxygens (including phenoxy) is 3. The van der Waals surface area contributed by atoms with Crippen LogP contribution in [0.3, 0.4) is 0 Å². The Morgan fingerprint density at radius 2 is 1.80 bits per heavy atom. The Labute approximate surface area is 148 Å². The van der Waals surface area contributed by atoms with Gasteiger partial charge in [0.25, 0.3) is 0 Å². The van der Waals surface area contributed by atoms with E-state index in [9.17, 15) is 0 Å². The summed E-state index contributed by atoms with van der Waals surface area (Å²) in [6, 6.07) is 12.7. The zero-order chi connectivity index (χ0) is 17.6. The van der Waals surface area contributed by atoms with E-state index < -0.39 is 0 Å². The van der Waals surface area contributed by atoms with Crippen LogP contribution < -0.4 is 26.3 Å². The van der Waals surface area contributed by atoms with E-state index in [2.05, 4.69) is 12.2 Å². The van der Waals surface area contributed by atoms with Crippen LogP contribution in [0, 0.1) is 5.92 Å². The molecule has 2 aromatic carbocycles. The Hall–Kier alpha value is -2.44. The minimum atomic E-state index is 0.201. The Bertz CT molecular complexity index is 685. The number of hydrogen-bond donors (Lipinski definition) is 3. The fourth-order valence-electron chi connectivity index (χ4n) is 2.64. The van der Waals surface area contributed by atoms with Crippen LogP contribution in [-0.4, -0.2) is 32.4 Å². The summed E-state index contributed by atoms with van der Waals surface area (Å²) in [7, 11) is 0. The molecular weight excluding hydrogens is 318 g/mol. The van der Waals surface area contributed by atoms with Gasteiger partial charge in [-0.1, -0.05) is 6.92 Å². The number of nitrogens with two attached hydrogens (primary N) is 2. The zero-order valence-corrected chi connectivity index (χ0v) is 14.4. The summed E-state index contributed by atoms with van der Waals surface area (Å²) in [5.74, 6) is 2.49. The van der Waals surface area contributed by atoms with Crippen molar-refractivity contribution in [1.82, 2.24) is 5.32 Å². The zero-order valence-electron chi connectivity index (χ0n) is 14.4. The highest BCUT2D eigenvalue weighted by atomic mass is 16.5. The summed E-state index contributed by atoms with van der Waals surface area (Å²) in [6.45, 7) is 5.31. The first-order valence-electron chi connectivity index (χ1n) is 8.50. The van der Waals surface area contributed by atoms with Gasteiger partial charge >= 0.3 is 0 Å². The van der Waals surface area contributed by atoms with E-state index in [4.69, 9.17) is 25.7 Å². The van der Waals surface area contributed by atoms with Gasteiger partial charge in [0.05, 0.1) is 30.7 Å². The summed E-state index contributed by atoms with van der Waals surface area (Å²) in [5, 5.41) is 3.34. The molecule has 0 saturated carbocycles. The molecule has 25 heavy (non-hydrogen) atoms. The predicted octanol–water partition coefficient (Wildman–Crippen LogP) is 2.65. The molecule has 1 saturated heterocycles. The molecule has 0 aliphatic carbocycles. The third-order valence-electron chi connectivity index (χ3n) is 4.22. The van der Waals surface area contributed by atoms with Gasteiger partial charge in [0.2, 0.25) is 0 Å². The van der Waals surface area contributed by atoms with Gasteiger partial charge in [-0.2, -0.15) is 0 Å². The quantitative estimate of drug-likeness (QED) is 0.699. The smallest absolute Gasteiger partial charge is 0.129 e. The molecule has 0 aromatic heterocycles. The molecule has 0 amide bonds. The molecule has 3 rings (SSSR count). The Balaban J connectivity index is 1.52. The van der Waals surface area contributed by atoms with Crippen molar-refractivity contribution in [3.05, 3.63) is 42.5 Å². The molecule has 2 aromatic rings. The average molecular weight is 343 g/mol. The SMILES string of the molecule is CC(COc1ccc(Oc2ccc(N)c(N)c2)cc1)C1CNCCO1. The fraction of sp³-hybridized carbons (Fsp3) is 0.368. The van der Waals surface area contributed by atoms with E-state index >= 15 is 0 Å². The van der Waals surface area contributed by atoms with Crippen LogP contribution in [0.5, 0.6) is 17.2 Å². The average Bonchev–Trinajstić information content (AvgIpc) is 2.64. The lowest BCUT2D eigenvalue weighted by Gasteiger charge is -2.28. The maximum atomic E-state index is 5.86. The molecule has 2 unspecified atom stereocenters. The normalized spacial score (nSPS) is 18.5. The minimum absolute atomic E-state index is 0.201. The number of benzene rings is 2. The first-order chi connectivity index (χ1) is 12.1. The lowest BCUT2D eigenvalue weighted by atomic mass is 10.1. The molecule has 6 nitrogen and oxygen atoms in total. The second-order valence-electron chi connectivity index (χ2n) is 6.27. The second kappa shape index (κ2) is 8.09. The maximum Gasteiger partial charge on any atom is 0.129 e. The third kappa shape index (κ3) is 4.78. The van der Waals surface area contributed by atoms with Gasteiger partial charge in [0.1, 0.15) is 17.2 Å². The number of anilines is 2. The largest absolute Gasteiger partial charge is 0.493 e. The molecule has 1 aliphatic rings.